The molecule has 2 aliphatic heterocycles. The Balaban J connectivity index is 2.07. The Morgan fingerprint density at radius 1 is 1.32 bits per heavy atom. The SMILES string of the molecule is CC1=C[C@]2(Nc3cc(C(C)(C)C)ccc3O2)C(C#N)=C(N)O1. The van der Waals surface area contributed by atoms with Gasteiger partial charge in [-0.3, -0.25) is 0 Å². The average molecular weight is 297 g/mol. The third-order valence-corrected chi connectivity index (χ3v) is 3.84. The van der Waals surface area contributed by atoms with Crippen LogP contribution in [0.3, 0.4) is 0 Å². The van der Waals surface area contributed by atoms with Crippen molar-refractivity contribution in [1.82, 2.24) is 0 Å². The van der Waals surface area contributed by atoms with E-state index in [0.717, 1.165) is 5.69 Å². The van der Waals surface area contributed by atoms with E-state index in [1.807, 2.05) is 18.2 Å². The Hall–Kier alpha value is -2.61. The van der Waals surface area contributed by atoms with Gasteiger partial charge in [0, 0.05) is 6.08 Å². The van der Waals surface area contributed by atoms with Crippen LogP contribution in [0.5, 0.6) is 5.75 Å². The lowest BCUT2D eigenvalue weighted by molar-refractivity contribution is 0.175. The van der Waals surface area contributed by atoms with Crippen LogP contribution >= 0.6 is 0 Å². The molecule has 0 amide bonds. The summed E-state index contributed by atoms with van der Waals surface area (Å²) in [5.74, 6) is 1.35. The number of ether oxygens (including phenoxy) is 2. The van der Waals surface area contributed by atoms with Crippen molar-refractivity contribution in [2.75, 3.05) is 5.32 Å². The number of allylic oxidation sites excluding steroid dienone is 1. The van der Waals surface area contributed by atoms with Gasteiger partial charge in [-0.15, -0.1) is 0 Å². The molecule has 5 nitrogen and oxygen atoms in total. The monoisotopic (exact) mass is 297 g/mol. The van der Waals surface area contributed by atoms with Crippen LogP contribution in [-0.2, 0) is 10.2 Å². The van der Waals surface area contributed by atoms with Crippen LogP contribution in [0.25, 0.3) is 0 Å². The lowest BCUT2D eigenvalue weighted by Gasteiger charge is -2.30. The lowest BCUT2D eigenvalue weighted by atomic mass is 9.87. The summed E-state index contributed by atoms with van der Waals surface area (Å²) in [4.78, 5) is 0. The Morgan fingerprint density at radius 2 is 2.05 bits per heavy atom. The standard InChI is InChI=1S/C17H19N3O2/c1-10-8-17(12(9-18)15(19)21-10)20-13-7-11(16(2,3)4)5-6-14(13)22-17/h5-8,20H,19H2,1-4H3/t17-/m1/s1. The van der Waals surface area contributed by atoms with Gasteiger partial charge in [0.05, 0.1) is 5.69 Å². The molecule has 0 bridgehead atoms. The minimum absolute atomic E-state index is 0.0286. The molecule has 5 heteroatoms. The summed E-state index contributed by atoms with van der Waals surface area (Å²) in [6.45, 7) is 8.23. The van der Waals surface area contributed by atoms with E-state index in [-0.39, 0.29) is 16.9 Å². The third kappa shape index (κ3) is 2.08. The van der Waals surface area contributed by atoms with Crippen molar-refractivity contribution < 1.29 is 9.47 Å². The summed E-state index contributed by atoms with van der Waals surface area (Å²) in [6.07, 6.45) is 1.73. The summed E-state index contributed by atoms with van der Waals surface area (Å²) >= 11 is 0. The molecular formula is C17H19N3O2. The molecule has 1 spiro atoms. The summed E-state index contributed by atoms with van der Waals surface area (Å²) in [5, 5.41) is 12.7. The molecule has 0 fully saturated rings. The minimum Gasteiger partial charge on any atom is -0.457 e. The Bertz CT molecular complexity index is 750. The van der Waals surface area contributed by atoms with Crippen LogP contribution in [0.2, 0.25) is 0 Å². The van der Waals surface area contributed by atoms with Gasteiger partial charge >= 0.3 is 0 Å². The molecule has 0 saturated carbocycles. The highest BCUT2D eigenvalue weighted by molar-refractivity contribution is 5.68. The first-order chi connectivity index (χ1) is 10.2. The fourth-order valence-electron chi connectivity index (χ4n) is 2.69. The molecular weight excluding hydrogens is 278 g/mol. The summed E-state index contributed by atoms with van der Waals surface area (Å²) in [6, 6.07) is 8.09. The first-order valence-corrected chi connectivity index (χ1v) is 7.14. The number of hydrogen-bond donors (Lipinski definition) is 2. The number of hydrogen-bond acceptors (Lipinski definition) is 5. The quantitative estimate of drug-likeness (QED) is 0.769. The maximum Gasteiger partial charge on any atom is 0.245 e. The number of nitrogens with one attached hydrogen (secondary N) is 1. The van der Waals surface area contributed by atoms with Crippen molar-refractivity contribution in [3.05, 3.63) is 47.1 Å². The first kappa shape index (κ1) is 14.3. The number of nitriles is 1. The number of fused-ring (bicyclic) bond motifs is 1. The van der Waals surface area contributed by atoms with Gasteiger partial charge in [-0.05, 0) is 30.0 Å². The van der Waals surface area contributed by atoms with E-state index >= 15 is 0 Å². The molecule has 3 rings (SSSR count). The second-order valence-corrected chi connectivity index (χ2v) is 6.63. The number of benzene rings is 1. The third-order valence-electron chi connectivity index (χ3n) is 3.84. The zero-order valence-electron chi connectivity index (χ0n) is 13.2. The van der Waals surface area contributed by atoms with Gasteiger partial charge in [-0.1, -0.05) is 26.8 Å². The highest BCUT2D eigenvalue weighted by Crippen LogP contribution is 2.44. The topological polar surface area (TPSA) is 80.3 Å². The van der Waals surface area contributed by atoms with E-state index in [9.17, 15) is 5.26 Å². The van der Waals surface area contributed by atoms with Crippen LogP contribution < -0.4 is 15.8 Å². The van der Waals surface area contributed by atoms with E-state index in [1.165, 1.54) is 5.56 Å². The zero-order chi connectivity index (χ0) is 16.1. The van der Waals surface area contributed by atoms with E-state index in [4.69, 9.17) is 15.2 Å². The van der Waals surface area contributed by atoms with Gasteiger partial charge < -0.3 is 20.5 Å². The fraction of sp³-hybridized carbons (Fsp3) is 0.353. The molecule has 0 aliphatic carbocycles. The van der Waals surface area contributed by atoms with Crippen LogP contribution in [0.4, 0.5) is 5.69 Å². The number of rotatable bonds is 0. The first-order valence-electron chi connectivity index (χ1n) is 7.14. The predicted molar refractivity (Wildman–Crippen MR) is 83.8 cm³/mol. The largest absolute Gasteiger partial charge is 0.457 e. The summed E-state index contributed by atoms with van der Waals surface area (Å²) in [7, 11) is 0. The number of nitrogens with two attached hydrogens (primary N) is 1. The molecule has 0 radical (unpaired) electrons. The Labute approximate surface area is 130 Å². The van der Waals surface area contributed by atoms with Gasteiger partial charge in [0.1, 0.15) is 17.6 Å². The van der Waals surface area contributed by atoms with Crippen molar-refractivity contribution in [2.45, 2.75) is 38.8 Å². The second-order valence-electron chi connectivity index (χ2n) is 6.63. The van der Waals surface area contributed by atoms with Crippen molar-refractivity contribution in [3.63, 3.8) is 0 Å². The van der Waals surface area contributed by atoms with E-state index < -0.39 is 5.72 Å². The Morgan fingerprint density at radius 3 is 2.68 bits per heavy atom. The van der Waals surface area contributed by atoms with Crippen molar-refractivity contribution >= 4 is 5.69 Å². The van der Waals surface area contributed by atoms with Gasteiger partial charge in [0.25, 0.3) is 0 Å². The summed E-state index contributed by atoms with van der Waals surface area (Å²) < 4.78 is 11.3. The smallest absolute Gasteiger partial charge is 0.245 e. The molecule has 1 aromatic rings. The maximum absolute atomic E-state index is 9.42. The van der Waals surface area contributed by atoms with E-state index in [0.29, 0.717) is 11.5 Å². The maximum atomic E-state index is 9.42. The van der Waals surface area contributed by atoms with Crippen LogP contribution in [0.1, 0.15) is 33.3 Å². The van der Waals surface area contributed by atoms with Gasteiger partial charge in [0.2, 0.25) is 11.6 Å². The molecule has 0 unspecified atom stereocenters. The molecule has 1 atom stereocenters. The molecule has 0 saturated heterocycles. The van der Waals surface area contributed by atoms with Crippen LogP contribution in [0, 0.1) is 11.3 Å². The van der Waals surface area contributed by atoms with E-state index in [2.05, 4.69) is 32.2 Å². The van der Waals surface area contributed by atoms with Gasteiger partial charge in [-0.2, -0.15) is 5.26 Å². The molecule has 114 valence electrons. The Kier molecular flexibility index (Phi) is 2.89. The van der Waals surface area contributed by atoms with Crippen molar-refractivity contribution in [2.24, 2.45) is 5.73 Å². The van der Waals surface area contributed by atoms with Crippen LogP contribution in [-0.4, -0.2) is 5.72 Å². The highest BCUT2D eigenvalue weighted by atomic mass is 16.5. The summed E-state index contributed by atoms with van der Waals surface area (Å²) in [5.41, 5.74) is 7.05. The predicted octanol–water partition coefficient (Wildman–Crippen LogP) is 3.11. The lowest BCUT2D eigenvalue weighted by Crippen LogP contribution is -2.44. The second kappa shape index (κ2) is 4.44. The number of nitrogens with zero attached hydrogens (tertiary/aromatic N) is 1. The molecule has 0 aromatic heterocycles. The molecule has 22 heavy (non-hydrogen) atoms. The zero-order valence-corrected chi connectivity index (χ0v) is 13.2. The van der Waals surface area contributed by atoms with Crippen molar-refractivity contribution in [1.29, 1.82) is 5.26 Å². The van der Waals surface area contributed by atoms with E-state index in [1.54, 1.807) is 13.0 Å². The normalized spacial score (nSPS) is 23.1. The van der Waals surface area contributed by atoms with Crippen LogP contribution in [0.15, 0.2) is 41.5 Å². The fourth-order valence-corrected chi connectivity index (χ4v) is 2.69. The van der Waals surface area contributed by atoms with Crippen molar-refractivity contribution in [3.8, 4) is 11.8 Å². The number of anilines is 1. The molecule has 2 aliphatic rings. The van der Waals surface area contributed by atoms with Gasteiger partial charge in [-0.25, -0.2) is 0 Å². The van der Waals surface area contributed by atoms with Gasteiger partial charge in [0.15, 0.2) is 5.57 Å². The molecule has 1 aromatic carbocycles. The molecule has 2 heterocycles. The minimum atomic E-state index is -1.08. The molecule has 3 N–H and O–H groups in total. The highest BCUT2D eigenvalue weighted by Gasteiger charge is 2.46. The average Bonchev–Trinajstić information content (AvgIpc) is 2.73.